The van der Waals surface area contributed by atoms with Crippen molar-refractivity contribution >= 4 is 29.2 Å². The summed E-state index contributed by atoms with van der Waals surface area (Å²) in [4.78, 5) is 34.7. The maximum Gasteiger partial charge on any atom is 0.412 e. The van der Waals surface area contributed by atoms with Gasteiger partial charge in [0.25, 0.3) is 5.91 Å². The van der Waals surface area contributed by atoms with Crippen LogP contribution in [0.3, 0.4) is 0 Å². The summed E-state index contributed by atoms with van der Waals surface area (Å²) in [6.45, 7) is 1.93. The number of pyridine rings is 2. The number of ether oxygens (including phenoxy) is 1. The van der Waals surface area contributed by atoms with E-state index in [0.717, 1.165) is 22.5 Å². The molecular weight excluding hydrogens is 420 g/mol. The van der Waals surface area contributed by atoms with Gasteiger partial charge < -0.3 is 9.64 Å². The molecule has 164 valence electrons. The van der Waals surface area contributed by atoms with Gasteiger partial charge in [-0.3, -0.25) is 14.5 Å². The Bertz CT molecular complexity index is 1380. The quantitative estimate of drug-likeness (QED) is 0.513. The van der Waals surface area contributed by atoms with Gasteiger partial charge in [-0.2, -0.15) is 5.26 Å². The highest BCUT2D eigenvalue weighted by atomic mass is 16.5. The third-order valence-corrected chi connectivity index (χ3v) is 5.20. The number of carbonyl (C=O) groups is 2. The molecule has 0 unspecified atom stereocenters. The molecule has 0 bridgehead atoms. The Morgan fingerprint density at radius 2 is 1.88 bits per heavy atom. The number of benzene rings is 1. The third kappa shape index (κ3) is 4.22. The van der Waals surface area contributed by atoms with E-state index in [-0.39, 0.29) is 5.91 Å². The first-order chi connectivity index (χ1) is 15.9. The number of methoxy groups -OCH3 is 1. The minimum Gasteiger partial charge on any atom is -0.453 e. The first kappa shape index (κ1) is 21.5. The average molecular weight is 440 g/mol. The van der Waals surface area contributed by atoms with Gasteiger partial charge in [-0.1, -0.05) is 0 Å². The fourth-order valence-corrected chi connectivity index (χ4v) is 3.41. The lowest BCUT2D eigenvalue weighted by molar-refractivity contribution is 0.0993. The Morgan fingerprint density at radius 1 is 1.12 bits per heavy atom. The molecule has 1 aromatic carbocycles. The van der Waals surface area contributed by atoms with Crippen molar-refractivity contribution in [1.82, 2.24) is 14.4 Å². The third-order valence-electron chi connectivity index (χ3n) is 5.20. The van der Waals surface area contributed by atoms with E-state index in [9.17, 15) is 9.59 Å². The number of hydrogen-bond acceptors (Lipinski definition) is 6. The number of carbonyl (C=O) groups excluding carboxylic acids is 2. The number of amides is 2. The molecule has 2 amide bonds. The van der Waals surface area contributed by atoms with Crippen LogP contribution in [-0.2, 0) is 4.74 Å². The van der Waals surface area contributed by atoms with Gasteiger partial charge in [-0.05, 0) is 55.0 Å². The Kier molecular flexibility index (Phi) is 5.74. The van der Waals surface area contributed by atoms with E-state index in [4.69, 9.17) is 5.26 Å². The second kappa shape index (κ2) is 8.80. The number of anilines is 2. The number of hydrogen-bond donors (Lipinski definition) is 1. The number of nitriles is 1. The lowest BCUT2D eigenvalue weighted by atomic mass is 10.1. The number of imidazole rings is 1. The molecule has 0 saturated carbocycles. The predicted molar refractivity (Wildman–Crippen MR) is 123 cm³/mol. The van der Waals surface area contributed by atoms with Crippen LogP contribution in [-0.4, -0.2) is 40.5 Å². The first-order valence-electron chi connectivity index (χ1n) is 9.98. The van der Waals surface area contributed by atoms with Crippen LogP contribution in [0.15, 0.2) is 61.1 Å². The van der Waals surface area contributed by atoms with Gasteiger partial charge in [0, 0.05) is 30.6 Å². The van der Waals surface area contributed by atoms with Crippen molar-refractivity contribution in [2.45, 2.75) is 6.92 Å². The van der Waals surface area contributed by atoms with E-state index < -0.39 is 6.09 Å². The van der Waals surface area contributed by atoms with Crippen molar-refractivity contribution in [3.63, 3.8) is 0 Å². The normalized spacial score (nSPS) is 10.5. The molecule has 0 aliphatic heterocycles. The standard InChI is InChI=1S/C24H20N6O3/c1-15-10-19(29(2)23(31)17-6-4-16(11-25)5-7-17)14-30-20(13-27-22(15)30)18-8-9-21(26-12-18)28-24(32)33-3/h4-10,12-14H,1-3H3,(H,26,28,32). The maximum absolute atomic E-state index is 13.0. The van der Waals surface area contributed by atoms with Gasteiger partial charge in [-0.25, -0.2) is 14.8 Å². The van der Waals surface area contributed by atoms with Crippen molar-refractivity contribution in [1.29, 1.82) is 5.26 Å². The molecule has 1 N–H and O–H groups in total. The smallest absolute Gasteiger partial charge is 0.412 e. The van der Waals surface area contributed by atoms with Gasteiger partial charge in [0.15, 0.2) is 0 Å². The van der Waals surface area contributed by atoms with Crippen LogP contribution in [0.25, 0.3) is 16.9 Å². The number of fused-ring (bicyclic) bond motifs is 1. The van der Waals surface area contributed by atoms with Crippen LogP contribution in [0.1, 0.15) is 21.5 Å². The van der Waals surface area contributed by atoms with E-state index in [1.807, 2.05) is 35.7 Å². The molecule has 0 atom stereocenters. The molecule has 3 aromatic heterocycles. The van der Waals surface area contributed by atoms with Crippen molar-refractivity contribution in [2.24, 2.45) is 0 Å². The SMILES string of the molecule is COC(=O)Nc1ccc(-c2cnc3c(C)cc(N(C)C(=O)c4ccc(C#N)cc4)cn23)cn1. The van der Waals surface area contributed by atoms with Gasteiger partial charge >= 0.3 is 6.09 Å². The highest BCUT2D eigenvalue weighted by Crippen LogP contribution is 2.27. The van der Waals surface area contributed by atoms with Gasteiger partial charge in [-0.15, -0.1) is 0 Å². The number of rotatable bonds is 4. The van der Waals surface area contributed by atoms with E-state index in [1.165, 1.54) is 7.11 Å². The van der Waals surface area contributed by atoms with Gasteiger partial charge in [0.05, 0.1) is 36.3 Å². The summed E-state index contributed by atoms with van der Waals surface area (Å²) in [6, 6.07) is 14.0. The molecule has 33 heavy (non-hydrogen) atoms. The van der Waals surface area contributed by atoms with Crippen LogP contribution in [0.4, 0.5) is 16.3 Å². The summed E-state index contributed by atoms with van der Waals surface area (Å²) in [7, 11) is 2.98. The molecule has 9 nitrogen and oxygen atoms in total. The molecule has 0 aliphatic carbocycles. The summed E-state index contributed by atoms with van der Waals surface area (Å²) in [5.74, 6) is 0.170. The largest absolute Gasteiger partial charge is 0.453 e. The van der Waals surface area contributed by atoms with Crippen molar-refractivity contribution < 1.29 is 14.3 Å². The zero-order chi connectivity index (χ0) is 23.5. The minimum absolute atomic E-state index is 0.195. The zero-order valence-corrected chi connectivity index (χ0v) is 18.2. The highest BCUT2D eigenvalue weighted by Gasteiger charge is 2.17. The summed E-state index contributed by atoms with van der Waals surface area (Å²) in [6.07, 6.45) is 4.61. The van der Waals surface area contributed by atoms with Crippen molar-refractivity contribution in [3.8, 4) is 17.3 Å². The lowest BCUT2D eigenvalue weighted by Gasteiger charge is -2.19. The lowest BCUT2D eigenvalue weighted by Crippen LogP contribution is -2.26. The molecular formula is C24H20N6O3. The number of nitrogens with zero attached hydrogens (tertiary/aromatic N) is 5. The number of aromatic nitrogens is 3. The molecule has 0 spiro atoms. The molecule has 4 rings (SSSR count). The number of nitrogens with one attached hydrogen (secondary N) is 1. The monoisotopic (exact) mass is 440 g/mol. The van der Waals surface area contributed by atoms with Crippen LogP contribution in [0, 0.1) is 18.3 Å². The van der Waals surface area contributed by atoms with Gasteiger partial charge in [0.2, 0.25) is 0 Å². The second-order valence-corrected chi connectivity index (χ2v) is 7.32. The molecule has 0 fully saturated rings. The van der Waals surface area contributed by atoms with Gasteiger partial charge in [0.1, 0.15) is 11.5 Å². The Morgan fingerprint density at radius 3 is 2.52 bits per heavy atom. The Hall–Kier alpha value is -4.71. The topological polar surface area (TPSA) is 113 Å². The molecule has 0 saturated heterocycles. The second-order valence-electron chi connectivity index (χ2n) is 7.32. The predicted octanol–water partition coefficient (Wildman–Crippen LogP) is 4.03. The van der Waals surface area contributed by atoms with Crippen LogP contribution < -0.4 is 10.2 Å². The summed E-state index contributed by atoms with van der Waals surface area (Å²) in [5.41, 5.74) is 4.89. The highest BCUT2D eigenvalue weighted by molar-refractivity contribution is 6.05. The van der Waals surface area contributed by atoms with Crippen LogP contribution in [0.5, 0.6) is 0 Å². The fourth-order valence-electron chi connectivity index (χ4n) is 3.41. The summed E-state index contributed by atoms with van der Waals surface area (Å²) < 4.78 is 6.48. The summed E-state index contributed by atoms with van der Waals surface area (Å²) >= 11 is 0. The molecule has 0 radical (unpaired) electrons. The molecule has 0 aliphatic rings. The zero-order valence-electron chi connectivity index (χ0n) is 18.2. The maximum atomic E-state index is 13.0. The van der Waals surface area contributed by atoms with E-state index in [0.29, 0.717) is 22.6 Å². The first-order valence-corrected chi connectivity index (χ1v) is 9.98. The van der Waals surface area contributed by atoms with Crippen LogP contribution >= 0.6 is 0 Å². The minimum atomic E-state index is -0.597. The molecule has 9 heteroatoms. The summed E-state index contributed by atoms with van der Waals surface area (Å²) in [5, 5.41) is 11.5. The van der Waals surface area contributed by atoms with E-state index >= 15 is 0 Å². The molecule has 4 aromatic rings. The molecule has 3 heterocycles. The van der Waals surface area contributed by atoms with Crippen molar-refractivity contribution in [2.75, 3.05) is 24.4 Å². The Balaban J connectivity index is 1.68. The van der Waals surface area contributed by atoms with Crippen molar-refractivity contribution in [3.05, 3.63) is 77.7 Å². The Labute approximate surface area is 189 Å². The number of aryl methyl sites for hydroxylation is 1. The van der Waals surface area contributed by atoms with E-state index in [2.05, 4.69) is 20.0 Å². The average Bonchev–Trinajstić information content (AvgIpc) is 3.28. The fraction of sp³-hybridized carbons (Fsp3) is 0.125. The van der Waals surface area contributed by atoms with E-state index in [1.54, 1.807) is 54.7 Å². The van der Waals surface area contributed by atoms with Crippen LogP contribution in [0.2, 0.25) is 0 Å².